The van der Waals surface area contributed by atoms with Crippen molar-refractivity contribution >= 4 is 29.1 Å². The van der Waals surface area contributed by atoms with Gasteiger partial charge in [0.15, 0.2) is 0 Å². The molecule has 1 saturated heterocycles. The molecule has 2 aromatic rings. The number of rotatable bonds is 3. The van der Waals surface area contributed by atoms with Gasteiger partial charge in [-0.05, 0) is 72.6 Å². The molecular formula is C24H19FN2O3. The highest BCUT2D eigenvalue weighted by Gasteiger charge is 2.67. The Hall–Kier alpha value is -3.28. The number of anilines is 2. The third kappa shape index (κ3) is 2.43. The first-order valence-corrected chi connectivity index (χ1v) is 10.3. The van der Waals surface area contributed by atoms with Gasteiger partial charge in [0.05, 0.1) is 17.5 Å². The summed E-state index contributed by atoms with van der Waals surface area (Å²) < 4.78 is 13.1. The molecule has 30 heavy (non-hydrogen) atoms. The van der Waals surface area contributed by atoms with Crippen LogP contribution >= 0.6 is 0 Å². The normalized spacial score (nSPS) is 32.8. The standard InChI is InChI=1S/C24H19FN2O3/c25-13-4-6-14(7-5-13)26-22(28)12-2-1-3-15(10-12)27-23(29)20-16-8-9-17(19-11-18(16)19)21(20)24(27)30/h1-10,16-21H,11H2,(H,26,28)/t16-,17-,18-,19+,20-,21+/m0/s1. The van der Waals surface area contributed by atoms with Crippen LogP contribution in [0.25, 0.3) is 0 Å². The van der Waals surface area contributed by atoms with Gasteiger partial charge in [0.1, 0.15) is 5.82 Å². The molecule has 0 radical (unpaired) electrons. The van der Waals surface area contributed by atoms with E-state index in [9.17, 15) is 18.8 Å². The average molecular weight is 402 g/mol. The maximum atomic E-state index is 13.2. The van der Waals surface area contributed by atoms with Crippen LogP contribution in [-0.4, -0.2) is 17.7 Å². The lowest BCUT2D eigenvalue weighted by molar-refractivity contribution is -0.124. The van der Waals surface area contributed by atoms with Crippen molar-refractivity contribution in [1.29, 1.82) is 0 Å². The molecule has 5 nitrogen and oxygen atoms in total. The van der Waals surface area contributed by atoms with Gasteiger partial charge in [-0.15, -0.1) is 0 Å². The molecule has 2 aromatic carbocycles. The molecule has 1 N–H and O–H groups in total. The van der Waals surface area contributed by atoms with Crippen molar-refractivity contribution in [1.82, 2.24) is 0 Å². The number of allylic oxidation sites excluding steroid dienone is 2. The van der Waals surface area contributed by atoms with Crippen LogP contribution in [-0.2, 0) is 9.59 Å². The second kappa shape index (κ2) is 6.11. The largest absolute Gasteiger partial charge is 0.322 e. The van der Waals surface area contributed by atoms with Crippen molar-refractivity contribution in [2.45, 2.75) is 6.42 Å². The van der Waals surface area contributed by atoms with E-state index in [2.05, 4.69) is 17.5 Å². The van der Waals surface area contributed by atoms with Crippen LogP contribution in [0.5, 0.6) is 0 Å². The SMILES string of the molecule is O=C(Nc1ccc(F)cc1)c1cccc(N2C(=O)[C@@H]3[C@H]4C=C[C@@H]([C@@H]5C[C@H]45)[C@@H]3C2=O)c1. The Kier molecular flexibility index (Phi) is 3.58. The lowest BCUT2D eigenvalue weighted by atomic mass is 9.63. The van der Waals surface area contributed by atoms with E-state index < -0.39 is 0 Å². The zero-order valence-corrected chi connectivity index (χ0v) is 16.0. The van der Waals surface area contributed by atoms with Crippen molar-refractivity contribution in [3.63, 3.8) is 0 Å². The van der Waals surface area contributed by atoms with Crippen molar-refractivity contribution in [3.8, 4) is 0 Å². The highest BCUT2D eigenvalue weighted by molar-refractivity contribution is 6.23. The summed E-state index contributed by atoms with van der Waals surface area (Å²) >= 11 is 0. The number of amides is 3. The summed E-state index contributed by atoms with van der Waals surface area (Å²) in [6.07, 6.45) is 5.40. The molecule has 0 spiro atoms. The summed E-state index contributed by atoms with van der Waals surface area (Å²) in [6.45, 7) is 0. The van der Waals surface area contributed by atoms with E-state index in [0.717, 1.165) is 6.42 Å². The quantitative estimate of drug-likeness (QED) is 0.630. The highest BCUT2D eigenvalue weighted by atomic mass is 19.1. The van der Waals surface area contributed by atoms with E-state index in [1.807, 2.05) is 0 Å². The van der Waals surface area contributed by atoms with E-state index in [4.69, 9.17) is 0 Å². The van der Waals surface area contributed by atoms with E-state index >= 15 is 0 Å². The molecule has 3 fully saturated rings. The van der Waals surface area contributed by atoms with Gasteiger partial charge in [-0.3, -0.25) is 14.4 Å². The van der Waals surface area contributed by atoms with Crippen molar-refractivity contribution in [2.75, 3.05) is 10.2 Å². The van der Waals surface area contributed by atoms with E-state index in [0.29, 0.717) is 28.8 Å². The molecule has 150 valence electrons. The number of nitrogens with zero attached hydrogens (tertiary/aromatic N) is 1. The van der Waals surface area contributed by atoms with Crippen LogP contribution in [0.4, 0.5) is 15.8 Å². The third-order valence-corrected chi connectivity index (χ3v) is 7.13. The second-order valence-electron chi connectivity index (χ2n) is 8.68. The third-order valence-electron chi connectivity index (χ3n) is 7.13. The number of benzene rings is 2. The molecule has 1 heterocycles. The number of halogens is 1. The maximum absolute atomic E-state index is 13.2. The van der Waals surface area contributed by atoms with Gasteiger partial charge in [-0.2, -0.15) is 0 Å². The molecule has 6 heteroatoms. The van der Waals surface area contributed by atoms with E-state index in [-0.39, 0.29) is 47.2 Å². The molecule has 0 aromatic heterocycles. The van der Waals surface area contributed by atoms with E-state index in [1.54, 1.807) is 24.3 Å². The molecule has 0 unspecified atom stereocenters. The van der Waals surface area contributed by atoms with Crippen LogP contribution < -0.4 is 10.2 Å². The first kappa shape index (κ1) is 17.6. The minimum atomic E-state index is -0.386. The maximum Gasteiger partial charge on any atom is 0.255 e. The van der Waals surface area contributed by atoms with Gasteiger partial charge < -0.3 is 5.32 Å². The number of hydrogen-bond donors (Lipinski definition) is 1. The molecule has 2 saturated carbocycles. The lowest BCUT2D eigenvalue weighted by Gasteiger charge is -2.37. The molecular weight excluding hydrogens is 383 g/mol. The minimum Gasteiger partial charge on any atom is -0.322 e. The van der Waals surface area contributed by atoms with Gasteiger partial charge in [0.2, 0.25) is 11.8 Å². The predicted molar refractivity (Wildman–Crippen MR) is 108 cm³/mol. The molecule has 7 rings (SSSR count). The van der Waals surface area contributed by atoms with Gasteiger partial charge in [-0.25, -0.2) is 9.29 Å². The monoisotopic (exact) mass is 402 g/mol. The van der Waals surface area contributed by atoms with Gasteiger partial charge in [0.25, 0.3) is 5.91 Å². The fraction of sp³-hybridized carbons (Fsp3) is 0.292. The second-order valence-corrected chi connectivity index (χ2v) is 8.68. The Labute approximate surface area is 172 Å². The summed E-state index contributed by atoms with van der Waals surface area (Å²) in [5, 5.41) is 2.71. The van der Waals surface area contributed by atoms with Gasteiger partial charge >= 0.3 is 0 Å². The Bertz CT molecular complexity index is 1090. The van der Waals surface area contributed by atoms with E-state index in [1.165, 1.54) is 29.2 Å². The fourth-order valence-electron chi connectivity index (χ4n) is 5.73. The van der Waals surface area contributed by atoms with Crippen molar-refractivity contribution < 1.29 is 18.8 Å². The Morgan fingerprint density at radius 3 is 2.20 bits per heavy atom. The molecule has 5 aliphatic rings. The number of carbonyl (C=O) groups excluding carboxylic acids is 3. The highest BCUT2D eigenvalue weighted by Crippen LogP contribution is 2.65. The Morgan fingerprint density at radius 2 is 1.57 bits per heavy atom. The zero-order valence-electron chi connectivity index (χ0n) is 16.0. The fourth-order valence-corrected chi connectivity index (χ4v) is 5.73. The van der Waals surface area contributed by atoms with Gasteiger partial charge in [0, 0.05) is 11.3 Å². The van der Waals surface area contributed by atoms with Crippen molar-refractivity contribution in [2.24, 2.45) is 35.5 Å². The molecule has 4 aliphatic carbocycles. The Morgan fingerprint density at radius 1 is 0.933 bits per heavy atom. The summed E-state index contributed by atoms with van der Waals surface area (Å²) in [4.78, 5) is 40.4. The molecule has 2 bridgehead atoms. The Balaban J connectivity index is 1.28. The van der Waals surface area contributed by atoms with Crippen LogP contribution in [0.15, 0.2) is 60.7 Å². The predicted octanol–water partition coefficient (Wildman–Crippen LogP) is 3.64. The summed E-state index contributed by atoms with van der Waals surface area (Å²) in [5.41, 5.74) is 1.23. The summed E-state index contributed by atoms with van der Waals surface area (Å²) in [7, 11) is 0. The van der Waals surface area contributed by atoms with Gasteiger partial charge in [-0.1, -0.05) is 18.2 Å². The summed E-state index contributed by atoms with van der Waals surface area (Å²) in [5.74, 6) is -0.187. The van der Waals surface area contributed by atoms with Crippen molar-refractivity contribution in [3.05, 3.63) is 72.1 Å². The molecule has 3 amide bonds. The van der Waals surface area contributed by atoms with Crippen LogP contribution in [0.1, 0.15) is 16.8 Å². The summed E-state index contributed by atoms with van der Waals surface area (Å²) in [6, 6.07) is 12.0. The smallest absolute Gasteiger partial charge is 0.255 e. The minimum absolute atomic E-state index is 0.147. The number of imide groups is 1. The number of hydrogen-bond acceptors (Lipinski definition) is 3. The zero-order chi connectivity index (χ0) is 20.6. The first-order chi connectivity index (χ1) is 14.5. The lowest BCUT2D eigenvalue weighted by Crippen LogP contribution is -2.40. The average Bonchev–Trinajstić information content (AvgIpc) is 3.53. The molecule has 6 atom stereocenters. The number of carbonyl (C=O) groups is 3. The topological polar surface area (TPSA) is 66.5 Å². The first-order valence-electron chi connectivity index (χ1n) is 10.3. The van der Waals surface area contributed by atoms with Crippen LogP contribution in [0.2, 0.25) is 0 Å². The molecule has 1 aliphatic heterocycles. The number of nitrogens with one attached hydrogen (secondary N) is 1. The van der Waals surface area contributed by atoms with Crippen LogP contribution in [0, 0.1) is 41.3 Å². The van der Waals surface area contributed by atoms with Crippen LogP contribution in [0.3, 0.4) is 0 Å².